The second kappa shape index (κ2) is 4.50. The van der Waals surface area contributed by atoms with Gasteiger partial charge in [-0.2, -0.15) is 13.1 Å². The molecular weight excluding hydrogens is 207 g/mol. The van der Waals surface area contributed by atoms with Gasteiger partial charge in [-0.25, -0.2) is 9.11 Å². The van der Waals surface area contributed by atoms with Crippen molar-refractivity contribution in [2.24, 2.45) is 0 Å². The van der Waals surface area contributed by atoms with Crippen molar-refractivity contribution < 1.29 is 12.8 Å². The molecule has 0 saturated heterocycles. The third-order valence-corrected chi connectivity index (χ3v) is 2.71. The number of nitrogens with one attached hydrogen (secondary N) is 2. The predicted octanol–water partition coefficient (Wildman–Crippen LogP) is 0.380. The lowest BCUT2D eigenvalue weighted by Crippen LogP contribution is -2.33. The highest BCUT2D eigenvalue weighted by Crippen LogP contribution is 2.02. The molecule has 1 aromatic rings. The number of hydrogen-bond acceptors (Lipinski definition) is 2. The SMILES string of the molecule is CNS(=O)(=O)NCc1ccc(F)cc1. The van der Waals surface area contributed by atoms with Crippen molar-refractivity contribution in [2.75, 3.05) is 7.05 Å². The van der Waals surface area contributed by atoms with Crippen LogP contribution in [0.5, 0.6) is 0 Å². The fourth-order valence-corrected chi connectivity index (χ4v) is 1.35. The number of hydrogen-bond donors (Lipinski definition) is 2. The highest BCUT2D eigenvalue weighted by atomic mass is 32.2. The van der Waals surface area contributed by atoms with E-state index in [9.17, 15) is 12.8 Å². The Labute approximate surface area is 82.3 Å². The van der Waals surface area contributed by atoms with E-state index in [1.165, 1.54) is 31.3 Å². The van der Waals surface area contributed by atoms with Crippen molar-refractivity contribution in [3.8, 4) is 0 Å². The Morgan fingerprint density at radius 3 is 2.36 bits per heavy atom. The largest absolute Gasteiger partial charge is 0.276 e. The van der Waals surface area contributed by atoms with Gasteiger partial charge < -0.3 is 0 Å². The molecule has 0 aliphatic heterocycles. The van der Waals surface area contributed by atoms with Gasteiger partial charge in [0.15, 0.2) is 0 Å². The predicted molar refractivity (Wildman–Crippen MR) is 51.2 cm³/mol. The molecule has 0 amide bonds. The van der Waals surface area contributed by atoms with E-state index in [4.69, 9.17) is 0 Å². The Morgan fingerprint density at radius 2 is 1.86 bits per heavy atom. The van der Waals surface area contributed by atoms with Gasteiger partial charge in [-0.1, -0.05) is 12.1 Å². The van der Waals surface area contributed by atoms with E-state index < -0.39 is 10.2 Å². The molecule has 1 rings (SSSR count). The van der Waals surface area contributed by atoms with Crippen LogP contribution in [0.4, 0.5) is 4.39 Å². The first-order valence-corrected chi connectivity index (χ1v) is 5.44. The molecule has 14 heavy (non-hydrogen) atoms. The fourth-order valence-electron chi connectivity index (χ4n) is 0.853. The normalized spacial score (nSPS) is 11.6. The van der Waals surface area contributed by atoms with Crippen molar-refractivity contribution in [3.05, 3.63) is 35.6 Å². The number of benzene rings is 1. The van der Waals surface area contributed by atoms with Crippen LogP contribution in [-0.4, -0.2) is 15.5 Å². The van der Waals surface area contributed by atoms with Crippen LogP contribution in [0.2, 0.25) is 0 Å². The molecule has 6 heteroatoms. The van der Waals surface area contributed by atoms with Crippen molar-refractivity contribution >= 4 is 10.2 Å². The van der Waals surface area contributed by atoms with E-state index in [-0.39, 0.29) is 12.4 Å². The molecule has 78 valence electrons. The third kappa shape index (κ3) is 3.41. The minimum Gasteiger partial charge on any atom is -0.207 e. The minimum atomic E-state index is -3.42. The lowest BCUT2D eigenvalue weighted by molar-refractivity contribution is 0.573. The average Bonchev–Trinajstić information content (AvgIpc) is 2.17. The maximum absolute atomic E-state index is 12.5. The molecule has 4 nitrogen and oxygen atoms in total. The topological polar surface area (TPSA) is 58.2 Å². The van der Waals surface area contributed by atoms with E-state index in [0.29, 0.717) is 5.56 Å². The fraction of sp³-hybridized carbons (Fsp3) is 0.250. The van der Waals surface area contributed by atoms with E-state index in [2.05, 4.69) is 9.44 Å². The van der Waals surface area contributed by atoms with Crippen molar-refractivity contribution in [1.29, 1.82) is 0 Å². The quantitative estimate of drug-likeness (QED) is 0.767. The first-order chi connectivity index (χ1) is 6.53. The highest BCUT2D eigenvalue weighted by Gasteiger charge is 2.04. The summed E-state index contributed by atoms with van der Waals surface area (Å²) < 4.78 is 38.8. The Hall–Kier alpha value is -0.980. The van der Waals surface area contributed by atoms with E-state index in [0.717, 1.165) is 0 Å². The van der Waals surface area contributed by atoms with Crippen LogP contribution in [-0.2, 0) is 16.8 Å². The summed E-state index contributed by atoms with van der Waals surface area (Å²) >= 11 is 0. The Bertz CT molecular complexity index is 388. The second-order valence-corrected chi connectivity index (χ2v) is 4.36. The molecule has 0 spiro atoms. The lowest BCUT2D eigenvalue weighted by atomic mass is 10.2. The second-order valence-electron chi connectivity index (χ2n) is 2.66. The van der Waals surface area contributed by atoms with Gasteiger partial charge in [-0.3, -0.25) is 0 Å². The average molecular weight is 218 g/mol. The van der Waals surface area contributed by atoms with Gasteiger partial charge in [0.05, 0.1) is 0 Å². The van der Waals surface area contributed by atoms with Crippen LogP contribution in [0.15, 0.2) is 24.3 Å². The smallest absolute Gasteiger partial charge is 0.207 e. The molecule has 0 heterocycles. The number of halogens is 1. The first-order valence-electron chi connectivity index (χ1n) is 3.96. The van der Waals surface area contributed by atoms with Gasteiger partial charge in [-0.15, -0.1) is 0 Å². The number of rotatable bonds is 4. The molecule has 0 radical (unpaired) electrons. The summed E-state index contributed by atoms with van der Waals surface area (Å²) in [5, 5.41) is 0. The van der Waals surface area contributed by atoms with Gasteiger partial charge in [0.1, 0.15) is 5.82 Å². The van der Waals surface area contributed by atoms with Gasteiger partial charge in [0, 0.05) is 13.6 Å². The Balaban J connectivity index is 2.59. The highest BCUT2D eigenvalue weighted by molar-refractivity contribution is 7.87. The minimum absolute atomic E-state index is 0.142. The van der Waals surface area contributed by atoms with Gasteiger partial charge in [0.2, 0.25) is 0 Å². The van der Waals surface area contributed by atoms with Gasteiger partial charge >= 0.3 is 0 Å². The van der Waals surface area contributed by atoms with Crippen molar-refractivity contribution in [3.63, 3.8) is 0 Å². The maximum Gasteiger partial charge on any atom is 0.276 e. The molecule has 0 unspecified atom stereocenters. The first kappa shape index (κ1) is 11.1. The van der Waals surface area contributed by atoms with E-state index >= 15 is 0 Å². The van der Waals surface area contributed by atoms with Crippen molar-refractivity contribution in [2.45, 2.75) is 6.54 Å². The van der Waals surface area contributed by atoms with Crippen molar-refractivity contribution in [1.82, 2.24) is 9.44 Å². The van der Waals surface area contributed by atoms with Crippen LogP contribution >= 0.6 is 0 Å². The maximum atomic E-state index is 12.5. The summed E-state index contributed by atoms with van der Waals surface area (Å²) in [5.41, 5.74) is 0.699. The van der Waals surface area contributed by atoms with E-state index in [1.54, 1.807) is 0 Å². The zero-order chi connectivity index (χ0) is 10.6. The van der Waals surface area contributed by atoms with Crippen LogP contribution in [0.1, 0.15) is 5.56 Å². The zero-order valence-electron chi connectivity index (χ0n) is 7.62. The molecule has 2 N–H and O–H groups in total. The molecule has 0 bridgehead atoms. The molecular formula is C8H11FN2O2S. The Kier molecular flexibility index (Phi) is 3.56. The standard InChI is InChI=1S/C8H11FN2O2S/c1-10-14(12,13)11-6-7-2-4-8(9)5-3-7/h2-5,10-11H,6H2,1H3. The van der Waals surface area contributed by atoms with Crippen LogP contribution in [0.3, 0.4) is 0 Å². The molecule has 0 atom stereocenters. The third-order valence-electron chi connectivity index (χ3n) is 1.65. The summed E-state index contributed by atoms with van der Waals surface area (Å²) in [6.45, 7) is 0.142. The van der Waals surface area contributed by atoms with Gasteiger partial charge in [-0.05, 0) is 17.7 Å². The molecule has 1 aromatic carbocycles. The molecule has 0 aliphatic carbocycles. The molecule has 0 fully saturated rings. The van der Waals surface area contributed by atoms with Gasteiger partial charge in [0.25, 0.3) is 10.2 Å². The summed E-state index contributed by atoms with van der Waals surface area (Å²) in [7, 11) is -2.11. The molecule has 0 saturated carbocycles. The summed E-state index contributed by atoms with van der Waals surface area (Å²) in [5.74, 6) is -0.342. The Morgan fingerprint density at radius 1 is 1.29 bits per heavy atom. The lowest BCUT2D eigenvalue weighted by Gasteiger charge is -2.04. The monoisotopic (exact) mass is 218 g/mol. The molecule has 0 aliphatic rings. The van der Waals surface area contributed by atoms with Crippen LogP contribution < -0.4 is 9.44 Å². The zero-order valence-corrected chi connectivity index (χ0v) is 8.44. The summed E-state index contributed by atoms with van der Waals surface area (Å²) in [6, 6.07) is 5.60. The molecule has 0 aromatic heterocycles. The summed E-state index contributed by atoms with van der Waals surface area (Å²) in [4.78, 5) is 0. The van der Waals surface area contributed by atoms with E-state index in [1.807, 2.05) is 0 Å². The van der Waals surface area contributed by atoms with Crippen LogP contribution in [0.25, 0.3) is 0 Å². The van der Waals surface area contributed by atoms with Crippen LogP contribution in [0, 0.1) is 5.82 Å². The summed E-state index contributed by atoms with van der Waals surface area (Å²) in [6.07, 6.45) is 0.